The second kappa shape index (κ2) is 6.68. The Labute approximate surface area is 154 Å². The molecule has 0 aliphatic carbocycles. The lowest BCUT2D eigenvalue weighted by Gasteiger charge is -2.12. The number of halogens is 1. The number of pyridine rings is 1. The van der Waals surface area contributed by atoms with Crippen LogP contribution in [0.15, 0.2) is 65.5 Å². The van der Waals surface area contributed by atoms with Crippen molar-refractivity contribution in [2.45, 2.75) is 6.54 Å². The van der Waals surface area contributed by atoms with Gasteiger partial charge >= 0.3 is 0 Å². The van der Waals surface area contributed by atoms with E-state index in [-0.39, 0.29) is 0 Å². The molecule has 0 aliphatic rings. The number of hydrogen-bond acceptors (Lipinski definition) is 4. The molecular weight excluding hydrogens is 377 g/mol. The second-order valence-corrected chi connectivity index (χ2v) is 6.64. The minimum Gasteiger partial charge on any atom is -0.366 e. The summed E-state index contributed by atoms with van der Waals surface area (Å²) in [5, 5.41) is 7.86. The van der Waals surface area contributed by atoms with Crippen molar-refractivity contribution in [3.05, 3.63) is 71.1 Å². The summed E-state index contributed by atoms with van der Waals surface area (Å²) in [4.78, 5) is 8.94. The molecule has 0 fully saturated rings. The predicted octanol–water partition coefficient (Wildman–Crippen LogP) is 2.42. The summed E-state index contributed by atoms with van der Waals surface area (Å²) in [6.07, 6.45) is 5.39. The molecule has 0 atom stereocenters. The zero-order chi connectivity index (χ0) is 17.2. The molecule has 1 N–H and O–H groups in total. The van der Waals surface area contributed by atoms with Gasteiger partial charge in [0.15, 0.2) is 5.65 Å². The van der Waals surface area contributed by atoms with Gasteiger partial charge in [-0.25, -0.2) is 4.98 Å². The summed E-state index contributed by atoms with van der Waals surface area (Å²) < 4.78 is 2.68. The van der Waals surface area contributed by atoms with Crippen LogP contribution in [-0.4, -0.2) is 27.4 Å². The van der Waals surface area contributed by atoms with Crippen LogP contribution in [0.1, 0.15) is 5.56 Å². The minimum atomic E-state index is 0.664. The molecule has 122 valence electrons. The van der Waals surface area contributed by atoms with E-state index in [1.165, 1.54) is 5.46 Å². The van der Waals surface area contributed by atoms with E-state index < -0.39 is 0 Å². The molecule has 0 saturated heterocycles. The van der Waals surface area contributed by atoms with E-state index in [4.69, 9.17) is 4.98 Å². The first-order valence-corrected chi connectivity index (χ1v) is 8.75. The molecular formula is C18H15BBrN5. The fourth-order valence-electron chi connectivity index (χ4n) is 2.76. The van der Waals surface area contributed by atoms with E-state index >= 15 is 0 Å². The van der Waals surface area contributed by atoms with Gasteiger partial charge in [0.1, 0.15) is 13.7 Å². The van der Waals surface area contributed by atoms with Crippen molar-refractivity contribution >= 4 is 40.7 Å². The summed E-state index contributed by atoms with van der Waals surface area (Å²) >= 11 is 3.54. The van der Waals surface area contributed by atoms with Crippen LogP contribution in [-0.2, 0) is 6.54 Å². The standard InChI is InChI=1S/C18H15BBrN5/c19-14-6-2-1-5-13(14)16-8-17(22-10-12-4-3-7-21-9-12)25-18(24-16)15(20)11-23-25/h1-9,11,22H,10,19H2. The molecule has 0 amide bonds. The van der Waals surface area contributed by atoms with Crippen molar-refractivity contribution in [2.75, 3.05) is 5.32 Å². The summed E-state index contributed by atoms with van der Waals surface area (Å²) in [5.74, 6) is 0.887. The number of rotatable bonds is 4. The lowest BCUT2D eigenvalue weighted by molar-refractivity contribution is 0.925. The Balaban J connectivity index is 1.78. The summed E-state index contributed by atoms with van der Waals surface area (Å²) in [6.45, 7) is 0.664. The first-order valence-electron chi connectivity index (χ1n) is 7.95. The maximum absolute atomic E-state index is 4.78. The monoisotopic (exact) mass is 391 g/mol. The highest BCUT2D eigenvalue weighted by molar-refractivity contribution is 9.10. The number of nitrogens with one attached hydrogen (secondary N) is 1. The van der Waals surface area contributed by atoms with Crippen LogP contribution in [0.3, 0.4) is 0 Å². The topological polar surface area (TPSA) is 55.1 Å². The van der Waals surface area contributed by atoms with Crippen molar-refractivity contribution < 1.29 is 0 Å². The van der Waals surface area contributed by atoms with Crippen LogP contribution in [0.25, 0.3) is 16.9 Å². The summed E-state index contributed by atoms with van der Waals surface area (Å²) in [7, 11) is 2.09. The van der Waals surface area contributed by atoms with Gasteiger partial charge in [0.25, 0.3) is 0 Å². The zero-order valence-electron chi connectivity index (χ0n) is 13.6. The maximum atomic E-state index is 4.78. The van der Waals surface area contributed by atoms with Gasteiger partial charge in [-0.1, -0.05) is 35.8 Å². The van der Waals surface area contributed by atoms with Crippen LogP contribution < -0.4 is 10.8 Å². The number of benzene rings is 1. The molecule has 0 saturated carbocycles. The van der Waals surface area contributed by atoms with Gasteiger partial charge in [0.05, 0.1) is 16.4 Å². The first kappa shape index (κ1) is 15.8. The Morgan fingerprint density at radius 1 is 1.12 bits per heavy atom. The predicted molar refractivity (Wildman–Crippen MR) is 106 cm³/mol. The molecule has 0 spiro atoms. The van der Waals surface area contributed by atoms with Crippen molar-refractivity contribution in [3.63, 3.8) is 0 Å². The molecule has 0 radical (unpaired) electrons. The number of fused-ring (bicyclic) bond motifs is 1. The molecule has 3 heterocycles. The summed E-state index contributed by atoms with van der Waals surface area (Å²) in [5.41, 5.74) is 5.11. The third-order valence-electron chi connectivity index (χ3n) is 4.05. The molecule has 0 aliphatic heterocycles. The Morgan fingerprint density at radius 3 is 2.80 bits per heavy atom. The van der Waals surface area contributed by atoms with Crippen LogP contribution in [0.2, 0.25) is 0 Å². The highest BCUT2D eigenvalue weighted by Crippen LogP contribution is 2.25. The van der Waals surface area contributed by atoms with Crippen molar-refractivity contribution in [1.29, 1.82) is 0 Å². The van der Waals surface area contributed by atoms with Crippen LogP contribution in [0.4, 0.5) is 5.82 Å². The van der Waals surface area contributed by atoms with Crippen LogP contribution in [0, 0.1) is 0 Å². The van der Waals surface area contributed by atoms with Crippen LogP contribution in [0.5, 0.6) is 0 Å². The average molecular weight is 392 g/mol. The lowest BCUT2D eigenvalue weighted by atomic mass is 9.89. The van der Waals surface area contributed by atoms with Gasteiger partial charge in [-0.05, 0) is 33.1 Å². The third-order valence-corrected chi connectivity index (χ3v) is 4.61. The van der Waals surface area contributed by atoms with Gasteiger partial charge in [-0.2, -0.15) is 9.61 Å². The van der Waals surface area contributed by atoms with E-state index in [2.05, 4.69) is 51.3 Å². The van der Waals surface area contributed by atoms with Gasteiger partial charge in [0.2, 0.25) is 0 Å². The van der Waals surface area contributed by atoms with Gasteiger partial charge < -0.3 is 5.32 Å². The Hall–Kier alpha value is -2.67. The minimum absolute atomic E-state index is 0.664. The van der Waals surface area contributed by atoms with E-state index in [0.29, 0.717) is 6.54 Å². The molecule has 4 aromatic rings. The number of anilines is 1. The van der Waals surface area contributed by atoms with E-state index in [0.717, 1.165) is 32.8 Å². The molecule has 0 unspecified atom stereocenters. The summed E-state index contributed by atoms with van der Waals surface area (Å²) in [6, 6.07) is 14.3. The van der Waals surface area contributed by atoms with Crippen molar-refractivity contribution in [2.24, 2.45) is 0 Å². The van der Waals surface area contributed by atoms with E-state index in [1.54, 1.807) is 12.4 Å². The highest BCUT2D eigenvalue weighted by Gasteiger charge is 2.12. The van der Waals surface area contributed by atoms with E-state index in [9.17, 15) is 0 Å². The fourth-order valence-corrected chi connectivity index (χ4v) is 3.10. The SMILES string of the molecule is Bc1ccccc1-c1cc(NCc2cccnc2)n2ncc(Br)c2n1. The number of hydrogen-bond donors (Lipinski definition) is 1. The molecule has 4 rings (SSSR count). The second-order valence-electron chi connectivity index (χ2n) is 5.78. The largest absolute Gasteiger partial charge is 0.366 e. The molecule has 1 aromatic carbocycles. The fraction of sp³-hybridized carbons (Fsp3) is 0.0556. The quantitative estimate of drug-likeness (QED) is 0.543. The van der Waals surface area contributed by atoms with Gasteiger partial charge in [0, 0.05) is 25.0 Å². The molecule has 5 nitrogen and oxygen atoms in total. The van der Waals surface area contributed by atoms with Gasteiger partial charge in [-0.15, -0.1) is 0 Å². The molecule has 0 bridgehead atoms. The van der Waals surface area contributed by atoms with Crippen LogP contribution >= 0.6 is 15.9 Å². The molecule has 25 heavy (non-hydrogen) atoms. The van der Waals surface area contributed by atoms with Crippen molar-refractivity contribution in [3.8, 4) is 11.3 Å². The number of aromatic nitrogens is 4. The molecule has 7 heteroatoms. The van der Waals surface area contributed by atoms with Gasteiger partial charge in [-0.3, -0.25) is 4.98 Å². The highest BCUT2D eigenvalue weighted by atomic mass is 79.9. The van der Waals surface area contributed by atoms with E-state index in [1.807, 2.05) is 41.0 Å². The zero-order valence-corrected chi connectivity index (χ0v) is 15.2. The normalized spacial score (nSPS) is 10.9. The lowest BCUT2D eigenvalue weighted by Crippen LogP contribution is -2.10. The maximum Gasteiger partial charge on any atom is 0.172 e. The third kappa shape index (κ3) is 3.15. The Bertz CT molecular complexity index is 1030. The Morgan fingerprint density at radius 2 is 2.00 bits per heavy atom. The first-order chi connectivity index (χ1) is 12.2. The average Bonchev–Trinajstić information content (AvgIpc) is 3.02. The van der Waals surface area contributed by atoms with Crippen molar-refractivity contribution in [1.82, 2.24) is 19.6 Å². The smallest absolute Gasteiger partial charge is 0.172 e. The Kier molecular flexibility index (Phi) is 4.23. The number of nitrogens with zero attached hydrogens (tertiary/aromatic N) is 4. The molecule has 3 aromatic heterocycles.